The summed E-state index contributed by atoms with van der Waals surface area (Å²) >= 11 is 0. The molecule has 2 aliphatic rings. The van der Waals surface area contributed by atoms with Crippen molar-refractivity contribution in [2.24, 2.45) is 17.8 Å². The quantitative estimate of drug-likeness (QED) is 0.477. The van der Waals surface area contributed by atoms with E-state index in [2.05, 4.69) is 46.2 Å². The minimum atomic E-state index is 0.254. The highest BCUT2D eigenvalue weighted by Crippen LogP contribution is 2.43. The van der Waals surface area contributed by atoms with Crippen LogP contribution in [0.25, 0.3) is 0 Å². The van der Waals surface area contributed by atoms with Gasteiger partial charge in [0.2, 0.25) is 0 Å². The summed E-state index contributed by atoms with van der Waals surface area (Å²) < 4.78 is 0. The molecule has 2 unspecified atom stereocenters. The fraction of sp³-hybridized carbons (Fsp3) is 0.391. The lowest BCUT2D eigenvalue weighted by atomic mass is 9.76. The summed E-state index contributed by atoms with van der Waals surface area (Å²) in [5.41, 5.74) is 6.38. The van der Waals surface area contributed by atoms with Gasteiger partial charge in [-0.3, -0.25) is 0 Å². The first-order chi connectivity index (χ1) is 11.1. The Morgan fingerprint density at radius 1 is 0.913 bits per heavy atom. The molecule has 0 aromatic heterocycles. The van der Waals surface area contributed by atoms with E-state index in [4.69, 9.17) is 0 Å². The van der Waals surface area contributed by atoms with Gasteiger partial charge in [0.1, 0.15) is 0 Å². The molecule has 0 radical (unpaired) electrons. The summed E-state index contributed by atoms with van der Waals surface area (Å²) in [5.74, 6) is 1.87. The Bertz CT molecular complexity index is 570. The molecule has 0 N–H and O–H groups in total. The zero-order valence-corrected chi connectivity index (χ0v) is 14.8. The summed E-state index contributed by atoms with van der Waals surface area (Å²) in [7, 11) is 0. The Hall–Kier alpha value is -1.82. The van der Waals surface area contributed by atoms with E-state index in [9.17, 15) is 0 Å². The maximum absolute atomic E-state index is 4.04. The number of hydrogen-bond acceptors (Lipinski definition) is 0. The Balaban J connectivity index is 2.45. The highest BCUT2D eigenvalue weighted by Gasteiger charge is 2.28. The number of hydrogen-bond donors (Lipinski definition) is 0. The normalized spacial score (nSPS) is 27.5. The summed E-state index contributed by atoms with van der Waals surface area (Å²) in [6.07, 6.45) is 15.4. The number of rotatable bonds is 6. The predicted molar refractivity (Wildman–Crippen MR) is 103 cm³/mol. The van der Waals surface area contributed by atoms with Crippen molar-refractivity contribution in [3.05, 3.63) is 84.6 Å². The van der Waals surface area contributed by atoms with Gasteiger partial charge in [-0.05, 0) is 53.4 Å². The third kappa shape index (κ3) is 3.42. The topological polar surface area (TPSA) is 0 Å². The van der Waals surface area contributed by atoms with Crippen LogP contribution in [0.1, 0.15) is 39.5 Å². The highest BCUT2D eigenvalue weighted by atomic mass is 14.3. The predicted octanol–water partition coefficient (Wildman–Crippen LogP) is 6.73. The molecule has 1 fully saturated rings. The summed E-state index contributed by atoms with van der Waals surface area (Å²) in [6.45, 7) is 20.7. The fourth-order valence-corrected chi connectivity index (χ4v) is 4.24. The zero-order chi connectivity index (χ0) is 17.0. The van der Waals surface area contributed by atoms with Crippen LogP contribution in [0.3, 0.4) is 0 Å². The van der Waals surface area contributed by atoms with Crippen LogP contribution in [-0.2, 0) is 0 Å². The van der Waals surface area contributed by atoms with Gasteiger partial charge in [0.15, 0.2) is 0 Å². The largest absolute Gasteiger partial charge is 0.0987 e. The van der Waals surface area contributed by atoms with Crippen LogP contribution in [0.4, 0.5) is 0 Å². The lowest BCUT2D eigenvalue weighted by molar-refractivity contribution is 0.327. The molecule has 23 heavy (non-hydrogen) atoms. The molecule has 0 spiro atoms. The van der Waals surface area contributed by atoms with Crippen LogP contribution in [0.5, 0.6) is 0 Å². The average molecular weight is 306 g/mol. The van der Waals surface area contributed by atoms with E-state index in [0.717, 1.165) is 23.0 Å². The van der Waals surface area contributed by atoms with Crippen LogP contribution in [-0.4, -0.2) is 0 Å². The van der Waals surface area contributed by atoms with Gasteiger partial charge in [-0.1, -0.05) is 82.5 Å². The minimum Gasteiger partial charge on any atom is -0.0987 e. The van der Waals surface area contributed by atoms with Gasteiger partial charge >= 0.3 is 0 Å². The van der Waals surface area contributed by atoms with Crippen molar-refractivity contribution in [1.82, 2.24) is 0 Å². The summed E-state index contributed by atoms with van der Waals surface area (Å²) in [4.78, 5) is 0. The summed E-state index contributed by atoms with van der Waals surface area (Å²) in [6, 6.07) is 0. The second-order valence-electron chi connectivity index (χ2n) is 6.88. The molecule has 2 aliphatic carbocycles. The first-order valence-electron chi connectivity index (χ1n) is 8.77. The molecule has 0 aliphatic heterocycles. The molecular formula is C23H30. The molecule has 1 saturated carbocycles. The van der Waals surface area contributed by atoms with Gasteiger partial charge in [0, 0.05) is 5.92 Å². The van der Waals surface area contributed by atoms with E-state index < -0.39 is 0 Å². The van der Waals surface area contributed by atoms with Crippen LogP contribution >= 0.6 is 0 Å². The third-order valence-electron chi connectivity index (χ3n) is 5.31. The highest BCUT2D eigenvalue weighted by molar-refractivity contribution is 5.65. The first kappa shape index (κ1) is 17.5. The van der Waals surface area contributed by atoms with Crippen LogP contribution in [0.15, 0.2) is 84.6 Å². The lowest BCUT2D eigenvalue weighted by Crippen LogP contribution is -2.15. The molecule has 0 aromatic rings. The molecule has 0 amide bonds. The van der Waals surface area contributed by atoms with Gasteiger partial charge in [0.05, 0.1) is 0 Å². The van der Waals surface area contributed by atoms with Crippen molar-refractivity contribution >= 4 is 0 Å². The van der Waals surface area contributed by atoms with E-state index in [0.29, 0.717) is 0 Å². The van der Waals surface area contributed by atoms with Crippen molar-refractivity contribution in [1.29, 1.82) is 0 Å². The Morgan fingerprint density at radius 3 is 1.91 bits per heavy atom. The molecule has 122 valence electrons. The Labute approximate surface area is 142 Å². The molecule has 2 rings (SSSR count). The maximum Gasteiger partial charge on any atom is 0.0284 e. The second-order valence-corrected chi connectivity index (χ2v) is 6.88. The summed E-state index contributed by atoms with van der Waals surface area (Å²) in [5, 5.41) is 0. The van der Waals surface area contributed by atoms with Gasteiger partial charge in [0.25, 0.3) is 0 Å². The lowest BCUT2D eigenvalue weighted by Gasteiger charge is -2.29. The van der Waals surface area contributed by atoms with E-state index >= 15 is 0 Å². The van der Waals surface area contributed by atoms with Gasteiger partial charge < -0.3 is 0 Å². The Kier molecular flexibility index (Phi) is 5.82. The van der Waals surface area contributed by atoms with Crippen molar-refractivity contribution in [2.45, 2.75) is 39.5 Å². The van der Waals surface area contributed by atoms with Crippen molar-refractivity contribution < 1.29 is 0 Å². The smallest absolute Gasteiger partial charge is 0.0284 e. The van der Waals surface area contributed by atoms with E-state index in [-0.39, 0.29) is 5.92 Å². The van der Waals surface area contributed by atoms with Crippen molar-refractivity contribution in [2.75, 3.05) is 0 Å². The van der Waals surface area contributed by atoms with E-state index in [1.807, 2.05) is 24.3 Å². The molecular weight excluding hydrogens is 276 g/mol. The van der Waals surface area contributed by atoms with Crippen LogP contribution in [0, 0.1) is 17.8 Å². The first-order valence-corrected chi connectivity index (χ1v) is 8.77. The van der Waals surface area contributed by atoms with E-state index in [1.165, 1.54) is 36.8 Å². The van der Waals surface area contributed by atoms with Gasteiger partial charge in [-0.2, -0.15) is 0 Å². The maximum atomic E-state index is 4.04. The molecule has 2 atom stereocenters. The van der Waals surface area contributed by atoms with Crippen LogP contribution in [0.2, 0.25) is 0 Å². The second kappa shape index (κ2) is 7.64. The zero-order valence-electron chi connectivity index (χ0n) is 14.8. The molecule has 0 aromatic carbocycles. The standard InChI is InChI=1S/C23H30/c1-7-17-12-16(6)13-18(14-17)15-23-21(10-4)19(8-2)20(9-3)22(23)11-5/h8-11,15-17,23H,2-5,7,12-14H2,1,6H3. The molecule has 0 heterocycles. The average Bonchev–Trinajstić information content (AvgIpc) is 2.85. The SMILES string of the molecule is C=CC1=C(C=C)C(C=C2CC(C)CC(CC)C2)C(C=C)=C1C=C. The monoisotopic (exact) mass is 306 g/mol. The molecule has 0 saturated heterocycles. The molecule has 0 bridgehead atoms. The minimum absolute atomic E-state index is 0.254. The van der Waals surface area contributed by atoms with Crippen LogP contribution < -0.4 is 0 Å². The Morgan fingerprint density at radius 2 is 1.48 bits per heavy atom. The molecule has 0 nitrogen and oxygen atoms in total. The fourth-order valence-electron chi connectivity index (χ4n) is 4.24. The third-order valence-corrected chi connectivity index (χ3v) is 5.31. The number of allylic oxidation sites excluding steroid dienone is 10. The van der Waals surface area contributed by atoms with Crippen molar-refractivity contribution in [3.8, 4) is 0 Å². The van der Waals surface area contributed by atoms with Gasteiger partial charge in [-0.25, -0.2) is 0 Å². The van der Waals surface area contributed by atoms with Gasteiger partial charge in [-0.15, -0.1) is 0 Å². The molecule has 0 heteroatoms. The van der Waals surface area contributed by atoms with Crippen molar-refractivity contribution in [3.63, 3.8) is 0 Å². The van der Waals surface area contributed by atoms with E-state index in [1.54, 1.807) is 5.57 Å².